The molecule has 146 valence electrons. The maximum atomic E-state index is 12.5. The number of amidine groups is 1. The third-order valence-electron chi connectivity index (χ3n) is 4.21. The number of amides is 2. The van der Waals surface area contributed by atoms with Gasteiger partial charge in [0.05, 0.1) is 12.2 Å². The standard InChI is InChI=1S/C18H23N3O4S2/c1-3-6-11-9-12(17(24)25-4-2)15(26-11)20-14(22)10-13-16(23)21-8-5-7-19-18(21)27-13/h9,13H,3-8,10H2,1-2H3,(H,20,22). The lowest BCUT2D eigenvalue weighted by Gasteiger charge is -2.19. The number of thioether (sulfide) groups is 1. The molecule has 2 amide bonds. The van der Waals surface area contributed by atoms with Crippen molar-refractivity contribution in [2.45, 2.75) is 44.8 Å². The second-order valence-corrected chi connectivity index (χ2v) is 8.60. The average Bonchev–Trinajstić information content (AvgIpc) is 3.17. The number of ether oxygens (including phenoxy) is 1. The van der Waals surface area contributed by atoms with Gasteiger partial charge in [0, 0.05) is 24.4 Å². The molecule has 1 fully saturated rings. The van der Waals surface area contributed by atoms with Crippen LogP contribution in [0.25, 0.3) is 0 Å². The minimum atomic E-state index is -0.456. The first-order chi connectivity index (χ1) is 13.0. The number of hydrogen-bond acceptors (Lipinski definition) is 7. The van der Waals surface area contributed by atoms with E-state index >= 15 is 0 Å². The van der Waals surface area contributed by atoms with Gasteiger partial charge in [-0.2, -0.15) is 0 Å². The second-order valence-electron chi connectivity index (χ2n) is 6.29. The fourth-order valence-electron chi connectivity index (χ4n) is 2.98. The number of esters is 1. The van der Waals surface area contributed by atoms with E-state index in [0.29, 0.717) is 17.1 Å². The van der Waals surface area contributed by atoms with Crippen molar-refractivity contribution < 1.29 is 19.1 Å². The maximum absolute atomic E-state index is 12.5. The van der Waals surface area contributed by atoms with Gasteiger partial charge in [-0.1, -0.05) is 25.1 Å². The summed E-state index contributed by atoms with van der Waals surface area (Å²) in [5.74, 6) is -0.780. The van der Waals surface area contributed by atoms with Crippen LogP contribution in [-0.4, -0.2) is 52.8 Å². The Kier molecular flexibility index (Phi) is 6.54. The highest BCUT2D eigenvalue weighted by Crippen LogP contribution is 2.33. The zero-order chi connectivity index (χ0) is 19.4. The summed E-state index contributed by atoms with van der Waals surface area (Å²) in [5, 5.41) is 3.57. The molecule has 1 aromatic rings. The van der Waals surface area contributed by atoms with Crippen LogP contribution in [0.3, 0.4) is 0 Å². The van der Waals surface area contributed by atoms with Crippen LogP contribution in [0.5, 0.6) is 0 Å². The molecule has 0 bridgehead atoms. The summed E-state index contributed by atoms with van der Waals surface area (Å²) in [4.78, 5) is 44.2. The van der Waals surface area contributed by atoms with Gasteiger partial charge in [0.15, 0.2) is 5.17 Å². The topological polar surface area (TPSA) is 88.1 Å². The maximum Gasteiger partial charge on any atom is 0.341 e. The van der Waals surface area contributed by atoms with Crippen molar-refractivity contribution in [3.63, 3.8) is 0 Å². The van der Waals surface area contributed by atoms with Crippen molar-refractivity contribution in [1.82, 2.24) is 4.90 Å². The smallest absolute Gasteiger partial charge is 0.341 e. The Labute approximate surface area is 166 Å². The first-order valence-electron chi connectivity index (χ1n) is 9.15. The van der Waals surface area contributed by atoms with E-state index < -0.39 is 11.2 Å². The van der Waals surface area contributed by atoms with Gasteiger partial charge in [0.2, 0.25) is 11.8 Å². The van der Waals surface area contributed by atoms with E-state index in [1.165, 1.54) is 23.1 Å². The molecule has 1 saturated heterocycles. The number of anilines is 1. The second kappa shape index (κ2) is 8.88. The number of rotatable bonds is 7. The molecule has 0 aromatic carbocycles. The Hall–Kier alpha value is -1.87. The van der Waals surface area contributed by atoms with Crippen LogP contribution in [0.15, 0.2) is 11.1 Å². The Morgan fingerprint density at radius 1 is 1.41 bits per heavy atom. The van der Waals surface area contributed by atoms with Crippen LogP contribution in [0.4, 0.5) is 5.00 Å². The molecular weight excluding hydrogens is 386 g/mol. The molecule has 0 spiro atoms. The molecule has 1 unspecified atom stereocenters. The first kappa shape index (κ1) is 19.9. The average molecular weight is 410 g/mol. The molecule has 0 saturated carbocycles. The fourth-order valence-corrected chi connectivity index (χ4v) is 5.34. The summed E-state index contributed by atoms with van der Waals surface area (Å²) < 4.78 is 5.09. The van der Waals surface area contributed by atoms with Gasteiger partial charge < -0.3 is 10.1 Å². The van der Waals surface area contributed by atoms with Crippen LogP contribution < -0.4 is 5.32 Å². The van der Waals surface area contributed by atoms with Gasteiger partial charge in [-0.3, -0.25) is 19.5 Å². The summed E-state index contributed by atoms with van der Waals surface area (Å²) in [7, 11) is 0. The molecule has 2 aliphatic heterocycles. The molecule has 3 rings (SSSR count). The number of aryl methyl sites for hydroxylation is 1. The van der Waals surface area contributed by atoms with Crippen LogP contribution in [-0.2, 0) is 20.7 Å². The molecule has 1 aromatic heterocycles. The molecule has 7 nitrogen and oxygen atoms in total. The van der Waals surface area contributed by atoms with E-state index in [1.54, 1.807) is 17.9 Å². The molecular formula is C18H23N3O4S2. The zero-order valence-electron chi connectivity index (χ0n) is 15.4. The molecule has 27 heavy (non-hydrogen) atoms. The van der Waals surface area contributed by atoms with Crippen LogP contribution >= 0.6 is 23.1 Å². The number of fused-ring (bicyclic) bond motifs is 1. The van der Waals surface area contributed by atoms with E-state index in [4.69, 9.17) is 4.74 Å². The Bertz CT molecular complexity index is 775. The minimum Gasteiger partial charge on any atom is -0.462 e. The SMILES string of the molecule is CCCc1cc(C(=O)OCC)c(NC(=O)CC2SC3=NCCCN3C2=O)s1. The lowest BCUT2D eigenvalue weighted by atomic mass is 10.2. The molecule has 3 heterocycles. The number of thiophene rings is 1. The minimum absolute atomic E-state index is 0.0578. The molecule has 0 aliphatic carbocycles. The highest BCUT2D eigenvalue weighted by atomic mass is 32.2. The van der Waals surface area contributed by atoms with Crippen LogP contribution in [0.2, 0.25) is 0 Å². The van der Waals surface area contributed by atoms with Crippen LogP contribution in [0, 0.1) is 0 Å². The Morgan fingerprint density at radius 2 is 2.22 bits per heavy atom. The zero-order valence-corrected chi connectivity index (χ0v) is 17.1. The van der Waals surface area contributed by atoms with E-state index in [1.807, 2.05) is 0 Å². The summed E-state index contributed by atoms with van der Waals surface area (Å²) >= 11 is 2.74. The molecule has 0 radical (unpaired) electrons. The van der Waals surface area contributed by atoms with Crippen LogP contribution in [0.1, 0.15) is 48.3 Å². The lowest BCUT2D eigenvalue weighted by molar-refractivity contribution is -0.128. The quantitative estimate of drug-likeness (QED) is 0.700. The molecule has 9 heteroatoms. The van der Waals surface area contributed by atoms with Crippen molar-refractivity contribution in [2.24, 2.45) is 4.99 Å². The summed E-state index contributed by atoms with van der Waals surface area (Å²) in [6, 6.07) is 1.78. The number of nitrogens with zero attached hydrogens (tertiary/aromatic N) is 2. The lowest BCUT2D eigenvalue weighted by Crippen LogP contribution is -2.36. The van der Waals surface area contributed by atoms with E-state index in [-0.39, 0.29) is 24.8 Å². The number of carbonyl (C=O) groups excluding carboxylic acids is 3. The number of aliphatic imine (C=N–C) groups is 1. The van der Waals surface area contributed by atoms with E-state index in [0.717, 1.165) is 35.9 Å². The van der Waals surface area contributed by atoms with E-state index in [2.05, 4.69) is 17.2 Å². The first-order valence-corrected chi connectivity index (χ1v) is 10.8. The highest BCUT2D eigenvalue weighted by Gasteiger charge is 2.39. The van der Waals surface area contributed by atoms with Gasteiger partial charge in [-0.05, 0) is 25.8 Å². The largest absolute Gasteiger partial charge is 0.462 e. The Balaban J connectivity index is 1.68. The monoisotopic (exact) mass is 409 g/mol. The summed E-state index contributed by atoms with van der Waals surface area (Å²) in [6.07, 6.45) is 2.69. The van der Waals surface area contributed by atoms with Crippen molar-refractivity contribution in [1.29, 1.82) is 0 Å². The normalized spacial score (nSPS) is 18.9. The number of nitrogens with one attached hydrogen (secondary N) is 1. The summed E-state index contributed by atoms with van der Waals surface area (Å²) in [6.45, 7) is 5.47. The Morgan fingerprint density at radius 3 is 2.93 bits per heavy atom. The van der Waals surface area contributed by atoms with Gasteiger partial charge in [-0.25, -0.2) is 4.79 Å². The van der Waals surface area contributed by atoms with E-state index in [9.17, 15) is 14.4 Å². The molecule has 1 atom stereocenters. The number of hydrogen-bond donors (Lipinski definition) is 1. The fraction of sp³-hybridized carbons (Fsp3) is 0.556. The van der Waals surface area contributed by atoms with Gasteiger partial charge in [0.1, 0.15) is 10.3 Å². The van der Waals surface area contributed by atoms with Crippen molar-refractivity contribution in [3.8, 4) is 0 Å². The third kappa shape index (κ3) is 4.52. The third-order valence-corrected chi connectivity index (χ3v) is 6.53. The van der Waals surface area contributed by atoms with Crippen molar-refractivity contribution in [2.75, 3.05) is 25.0 Å². The van der Waals surface area contributed by atoms with Gasteiger partial charge >= 0.3 is 5.97 Å². The summed E-state index contributed by atoms with van der Waals surface area (Å²) in [5.41, 5.74) is 0.380. The predicted molar refractivity (Wildman–Crippen MR) is 108 cm³/mol. The van der Waals surface area contributed by atoms with Gasteiger partial charge in [0.25, 0.3) is 0 Å². The highest BCUT2D eigenvalue weighted by molar-refractivity contribution is 8.15. The van der Waals surface area contributed by atoms with Gasteiger partial charge in [-0.15, -0.1) is 11.3 Å². The molecule has 2 aliphatic rings. The predicted octanol–water partition coefficient (Wildman–Crippen LogP) is 2.91. The van der Waals surface area contributed by atoms with Crippen molar-refractivity contribution >= 4 is 51.1 Å². The molecule has 1 N–H and O–H groups in total. The number of carbonyl (C=O) groups is 3. The van der Waals surface area contributed by atoms with Crippen molar-refractivity contribution in [3.05, 3.63) is 16.5 Å².